The molecule has 18 heavy (non-hydrogen) atoms. The Hall–Kier alpha value is -1.04. The maximum Gasteiger partial charge on any atom is -0.00126 e. The molecule has 0 amide bonds. The Balaban J connectivity index is 2.97. The van der Waals surface area contributed by atoms with Crippen LogP contribution in [-0.2, 0) is 5.41 Å². The van der Waals surface area contributed by atoms with Crippen LogP contribution in [0.25, 0.3) is 0 Å². The van der Waals surface area contributed by atoms with Crippen molar-refractivity contribution in [2.75, 3.05) is 0 Å². The molecule has 0 nitrogen and oxygen atoms in total. The first kappa shape index (κ1) is 15.0. The van der Waals surface area contributed by atoms with E-state index >= 15 is 0 Å². The lowest BCUT2D eigenvalue weighted by molar-refractivity contribution is 0.344. The van der Waals surface area contributed by atoms with Gasteiger partial charge in [-0.15, -0.1) is 6.58 Å². The van der Waals surface area contributed by atoms with E-state index in [1.807, 2.05) is 0 Å². The monoisotopic (exact) mass is 244 g/mol. The van der Waals surface area contributed by atoms with Crippen LogP contribution in [0.5, 0.6) is 0 Å². The van der Waals surface area contributed by atoms with Gasteiger partial charge in [-0.1, -0.05) is 75.9 Å². The van der Waals surface area contributed by atoms with Crippen LogP contribution >= 0.6 is 0 Å². The maximum atomic E-state index is 3.99. The first-order valence-corrected chi connectivity index (χ1v) is 7.45. The minimum Gasteiger partial charge on any atom is -0.103 e. The third-order valence-electron chi connectivity index (χ3n) is 3.94. The van der Waals surface area contributed by atoms with Crippen molar-refractivity contribution >= 4 is 0 Å². The topological polar surface area (TPSA) is 0 Å². The van der Waals surface area contributed by atoms with Crippen molar-refractivity contribution < 1.29 is 0 Å². The largest absolute Gasteiger partial charge is 0.103 e. The molecule has 0 bridgehead atoms. The van der Waals surface area contributed by atoms with Gasteiger partial charge in [0.2, 0.25) is 0 Å². The third-order valence-corrected chi connectivity index (χ3v) is 3.94. The highest BCUT2D eigenvalue weighted by molar-refractivity contribution is 5.26. The number of benzene rings is 1. The van der Waals surface area contributed by atoms with Gasteiger partial charge in [0.15, 0.2) is 0 Å². The van der Waals surface area contributed by atoms with Gasteiger partial charge in [-0.3, -0.25) is 0 Å². The number of allylic oxidation sites excluding steroid dienone is 1. The molecule has 1 aromatic carbocycles. The summed E-state index contributed by atoms with van der Waals surface area (Å²) in [6, 6.07) is 11.1. The molecule has 0 aliphatic rings. The molecule has 0 aromatic heterocycles. The van der Waals surface area contributed by atoms with Gasteiger partial charge in [-0.2, -0.15) is 0 Å². The Kier molecular flexibility index (Phi) is 6.78. The van der Waals surface area contributed by atoms with E-state index in [1.165, 1.54) is 44.1 Å². The molecule has 0 unspecified atom stereocenters. The third kappa shape index (κ3) is 4.01. The molecule has 0 aliphatic carbocycles. The molecule has 0 N–H and O–H groups in total. The Labute approximate surface area is 113 Å². The highest BCUT2D eigenvalue weighted by Crippen LogP contribution is 2.38. The predicted octanol–water partition coefficient (Wildman–Crippen LogP) is 5.88. The first-order chi connectivity index (χ1) is 8.79. The summed E-state index contributed by atoms with van der Waals surface area (Å²) < 4.78 is 0. The average Bonchev–Trinajstić information content (AvgIpc) is 2.43. The molecule has 0 atom stereocenters. The smallest absolute Gasteiger partial charge is 0.00126 e. The number of hydrogen-bond acceptors (Lipinski definition) is 0. The van der Waals surface area contributed by atoms with Gasteiger partial charge in [0, 0.05) is 0 Å². The van der Waals surface area contributed by atoms with Crippen LogP contribution in [0, 0.1) is 0 Å². The quantitative estimate of drug-likeness (QED) is 0.476. The van der Waals surface area contributed by atoms with Crippen molar-refractivity contribution in [3.05, 3.63) is 48.6 Å². The summed E-state index contributed by atoms with van der Waals surface area (Å²) in [6.07, 6.45) is 11.0. The number of hydrogen-bond donors (Lipinski definition) is 0. The molecular formula is C18H28. The Morgan fingerprint density at radius 3 is 2.00 bits per heavy atom. The fourth-order valence-corrected chi connectivity index (χ4v) is 2.83. The second-order valence-electron chi connectivity index (χ2n) is 5.35. The van der Waals surface area contributed by atoms with Gasteiger partial charge < -0.3 is 0 Å². The molecule has 0 heteroatoms. The molecule has 100 valence electrons. The zero-order valence-electron chi connectivity index (χ0n) is 12.1. The SMILES string of the molecule is C=CCC(CCCC)(CCCC)c1ccccc1. The second kappa shape index (κ2) is 8.13. The second-order valence-corrected chi connectivity index (χ2v) is 5.35. The fourth-order valence-electron chi connectivity index (χ4n) is 2.83. The number of unbranched alkanes of at least 4 members (excludes halogenated alkanes) is 2. The Bertz CT molecular complexity index is 315. The lowest BCUT2D eigenvalue weighted by Crippen LogP contribution is -2.25. The van der Waals surface area contributed by atoms with Gasteiger partial charge >= 0.3 is 0 Å². The predicted molar refractivity (Wildman–Crippen MR) is 82.0 cm³/mol. The highest BCUT2D eigenvalue weighted by atomic mass is 14.3. The van der Waals surface area contributed by atoms with E-state index in [0.29, 0.717) is 5.41 Å². The fraction of sp³-hybridized carbons (Fsp3) is 0.556. The van der Waals surface area contributed by atoms with Crippen LogP contribution in [-0.4, -0.2) is 0 Å². The Morgan fingerprint density at radius 2 is 1.56 bits per heavy atom. The molecular weight excluding hydrogens is 216 g/mol. The van der Waals surface area contributed by atoms with E-state index in [4.69, 9.17) is 0 Å². The van der Waals surface area contributed by atoms with Crippen LogP contribution in [0.1, 0.15) is 64.4 Å². The maximum absolute atomic E-state index is 3.99. The average molecular weight is 244 g/mol. The van der Waals surface area contributed by atoms with Crippen LogP contribution < -0.4 is 0 Å². The first-order valence-electron chi connectivity index (χ1n) is 7.45. The minimum atomic E-state index is 0.328. The van der Waals surface area contributed by atoms with Crippen LogP contribution in [0.3, 0.4) is 0 Å². The lowest BCUT2D eigenvalue weighted by Gasteiger charge is -2.34. The molecule has 1 rings (SSSR count). The van der Waals surface area contributed by atoms with Crippen molar-refractivity contribution in [1.82, 2.24) is 0 Å². The van der Waals surface area contributed by atoms with E-state index in [-0.39, 0.29) is 0 Å². The van der Waals surface area contributed by atoms with Crippen molar-refractivity contribution in [3.63, 3.8) is 0 Å². The summed E-state index contributed by atoms with van der Waals surface area (Å²) in [5, 5.41) is 0. The van der Waals surface area contributed by atoms with Crippen molar-refractivity contribution in [2.24, 2.45) is 0 Å². The molecule has 0 saturated carbocycles. The van der Waals surface area contributed by atoms with E-state index in [2.05, 4.69) is 56.8 Å². The minimum absolute atomic E-state index is 0.328. The molecule has 0 radical (unpaired) electrons. The molecule has 0 heterocycles. The van der Waals surface area contributed by atoms with Gasteiger partial charge in [-0.05, 0) is 30.2 Å². The molecule has 0 saturated heterocycles. The highest BCUT2D eigenvalue weighted by Gasteiger charge is 2.29. The molecule has 0 spiro atoms. The van der Waals surface area contributed by atoms with Crippen LogP contribution in [0.4, 0.5) is 0 Å². The summed E-state index contributed by atoms with van der Waals surface area (Å²) in [5.41, 5.74) is 1.83. The van der Waals surface area contributed by atoms with Gasteiger partial charge in [0.05, 0.1) is 0 Å². The van der Waals surface area contributed by atoms with E-state index in [9.17, 15) is 0 Å². The van der Waals surface area contributed by atoms with E-state index < -0.39 is 0 Å². The van der Waals surface area contributed by atoms with Gasteiger partial charge in [0.1, 0.15) is 0 Å². The summed E-state index contributed by atoms with van der Waals surface area (Å²) in [6.45, 7) is 8.55. The summed E-state index contributed by atoms with van der Waals surface area (Å²) >= 11 is 0. The standard InChI is InChI=1S/C18H28/c1-4-7-15-18(14-6-3,16-8-5-2)17-12-10-9-11-13-17/h6,9-13H,3-5,7-8,14-16H2,1-2H3. The Morgan fingerprint density at radius 1 is 1.00 bits per heavy atom. The molecule has 1 aromatic rings. The molecule has 0 aliphatic heterocycles. The normalized spacial score (nSPS) is 11.4. The molecule has 0 fully saturated rings. The van der Waals surface area contributed by atoms with Crippen molar-refractivity contribution in [2.45, 2.75) is 64.2 Å². The van der Waals surface area contributed by atoms with E-state index in [1.54, 1.807) is 0 Å². The summed E-state index contributed by atoms with van der Waals surface area (Å²) in [5.74, 6) is 0. The summed E-state index contributed by atoms with van der Waals surface area (Å²) in [4.78, 5) is 0. The lowest BCUT2D eigenvalue weighted by atomic mass is 9.70. The van der Waals surface area contributed by atoms with Crippen LogP contribution in [0.2, 0.25) is 0 Å². The van der Waals surface area contributed by atoms with Gasteiger partial charge in [0.25, 0.3) is 0 Å². The van der Waals surface area contributed by atoms with Crippen molar-refractivity contribution in [3.8, 4) is 0 Å². The van der Waals surface area contributed by atoms with Crippen LogP contribution in [0.15, 0.2) is 43.0 Å². The summed E-state index contributed by atoms with van der Waals surface area (Å²) in [7, 11) is 0. The number of rotatable bonds is 9. The zero-order chi connectivity index (χ0) is 13.3. The van der Waals surface area contributed by atoms with Gasteiger partial charge in [-0.25, -0.2) is 0 Å². The van der Waals surface area contributed by atoms with Crippen molar-refractivity contribution in [1.29, 1.82) is 0 Å². The zero-order valence-corrected chi connectivity index (χ0v) is 12.1. The van der Waals surface area contributed by atoms with E-state index in [0.717, 1.165) is 6.42 Å².